The molecule has 0 aliphatic rings. The molecule has 0 fully saturated rings. The Morgan fingerprint density at radius 1 is 1.24 bits per heavy atom. The second-order valence-electron chi connectivity index (χ2n) is 4.16. The standard InChI is InChI=1S/C14H20O2S/c15-14(16)9-7-5-3-1-2-4-6-8-13-10-11-17-12-13/h6,8,10-12H,1-5,7,9H2,(H,15,16)/b8-6+. The highest BCUT2D eigenvalue weighted by atomic mass is 32.1. The highest BCUT2D eigenvalue weighted by Gasteiger charge is 1.95. The van der Waals surface area contributed by atoms with E-state index in [4.69, 9.17) is 5.11 Å². The average Bonchev–Trinajstić information content (AvgIpc) is 2.79. The van der Waals surface area contributed by atoms with E-state index in [-0.39, 0.29) is 0 Å². The van der Waals surface area contributed by atoms with Crippen molar-refractivity contribution in [2.24, 2.45) is 0 Å². The van der Waals surface area contributed by atoms with Crippen LogP contribution in [0.15, 0.2) is 22.9 Å². The average molecular weight is 252 g/mol. The lowest BCUT2D eigenvalue weighted by atomic mass is 10.1. The zero-order valence-corrected chi connectivity index (χ0v) is 10.9. The molecule has 1 aromatic rings. The maximum atomic E-state index is 10.3. The molecule has 0 radical (unpaired) electrons. The van der Waals surface area contributed by atoms with E-state index in [0.29, 0.717) is 6.42 Å². The minimum absolute atomic E-state index is 0.318. The SMILES string of the molecule is O=C(O)CCCCCCC/C=C/c1ccsc1. The predicted octanol–water partition coefficient (Wildman–Crippen LogP) is 4.58. The van der Waals surface area contributed by atoms with E-state index in [1.807, 2.05) is 0 Å². The van der Waals surface area contributed by atoms with Gasteiger partial charge in [0, 0.05) is 6.42 Å². The van der Waals surface area contributed by atoms with Crippen LogP contribution in [0.4, 0.5) is 0 Å². The zero-order chi connectivity index (χ0) is 12.3. The quantitative estimate of drug-likeness (QED) is 0.653. The van der Waals surface area contributed by atoms with Gasteiger partial charge in [-0.15, -0.1) is 0 Å². The molecular weight excluding hydrogens is 232 g/mol. The Morgan fingerprint density at radius 2 is 2.00 bits per heavy atom. The van der Waals surface area contributed by atoms with Gasteiger partial charge in [0.1, 0.15) is 0 Å². The van der Waals surface area contributed by atoms with Crippen LogP contribution >= 0.6 is 11.3 Å². The van der Waals surface area contributed by atoms with Crippen molar-refractivity contribution in [2.75, 3.05) is 0 Å². The summed E-state index contributed by atoms with van der Waals surface area (Å²) >= 11 is 1.72. The number of hydrogen-bond acceptors (Lipinski definition) is 2. The van der Waals surface area contributed by atoms with E-state index in [9.17, 15) is 4.79 Å². The summed E-state index contributed by atoms with van der Waals surface area (Å²) in [4.78, 5) is 10.3. The van der Waals surface area contributed by atoms with Crippen LogP contribution in [-0.4, -0.2) is 11.1 Å². The molecule has 0 aliphatic heterocycles. The number of hydrogen-bond donors (Lipinski definition) is 1. The summed E-state index contributed by atoms with van der Waals surface area (Å²) < 4.78 is 0. The lowest BCUT2D eigenvalue weighted by molar-refractivity contribution is -0.137. The van der Waals surface area contributed by atoms with Gasteiger partial charge in [0.15, 0.2) is 0 Å². The van der Waals surface area contributed by atoms with E-state index in [1.165, 1.54) is 18.4 Å². The minimum Gasteiger partial charge on any atom is -0.481 e. The minimum atomic E-state index is -0.677. The molecule has 0 amide bonds. The Morgan fingerprint density at radius 3 is 2.71 bits per heavy atom. The Hall–Kier alpha value is -1.09. The predicted molar refractivity (Wildman–Crippen MR) is 73.3 cm³/mol. The fourth-order valence-corrected chi connectivity index (χ4v) is 2.29. The van der Waals surface area contributed by atoms with Crippen LogP contribution in [0.1, 0.15) is 50.5 Å². The van der Waals surface area contributed by atoms with Crippen LogP contribution in [0.3, 0.4) is 0 Å². The van der Waals surface area contributed by atoms with Gasteiger partial charge in [0.05, 0.1) is 0 Å². The summed E-state index contributed by atoms with van der Waals surface area (Å²) in [7, 11) is 0. The summed E-state index contributed by atoms with van der Waals surface area (Å²) in [6, 6.07) is 2.12. The number of rotatable bonds is 9. The fraction of sp³-hybridized carbons (Fsp3) is 0.500. The van der Waals surface area contributed by atoms with Crippen molar-refractivity contribution < 1.29 is 9.90 Å². The van der Waals surface area contributed by atoms with Crippen LogP contribution < -0.4 is 0 Å². The highest BCUT2D eigenvalue weighted by Crippen LogP contribution is 2.11. The first-order valence-corrected chi connectivity index (χ1v) is 7.14. The normalized spacial score (nSPS) is 11.1. The molecule has 0 atom stereocenters. The number of carboxylic acids is 1. The van der Waals surface area contributed by atoms with Gasteiger partial charge in [-0.1, -0.05) is 31.4 Å². The van der Waals surface area contributed by atoms with Gasteiger partial charge in [0.25, 0.3) is 0 Å². The number of thiophene rings is 1. The van der Waals surface area contributed by atoms with Gasteiger partial charge >= 0.3 is 5.97 Å². The Kier molecular flexibility index (Phi) is 7.39. The maximum Gasteiger partial charge on any atom is 0.303 e. The molecule has 0 spiro atoms. The van der Waals surface area contributed by atoms with E-state index < -0.39 is 5.97 Å². The van der Waals surface area contributed by atoms with Crippen molar-refractivity contribution >= 4 is 23.4 Å². The molecule has 1 N–H and O–H groups in total. The molecule has 2 nitrogen and oxygen atoms in total. The Bertz CT molecular complexity index is 328. The van der Waals surface area contributed by atoms with Gasteiger partial charge < -0.3 is 5.11 Å². The first kappa shape index (κ1) is 14.0. The largest absolute Gasteiger partial charge is 0.481 e. The van der Waals surface area contributed by atoms with E-state index in [2.05, 4.69) is 29.0 Å². The molecule has 1 heterocycles. The van der Waals surface area contributed by atoms with Crippen molar-refractivity contribution in [3.05, 3.63) is 28.5 Å². The fourth-order valence-electron chi connectivity index (χ4n) is 1.66. The molecule has 0 saturated heterocycles. The molecule has 0 saturated carbocycles. The van der Waals surface area contributed by atoms with Gasteiger partial charge in [-0.2, -0.15) is 11.3 Å². The van der Waals surface area contributed by atoms with E-state index >= 15 is 0 Å². The lowest BCUT2D eigenvalue weighted by Gasteiger charge is -1.98. The van der Waals surface area contributed by atoms with Crippen molar-refractivity contribution in [1.82, 2.24) is 0 Å². The van der Waals surface area contributed by atoms with E-state index in [0.717, 1.165) is 25.7 Å². The molecule has 3 heteroatoms. The molecule has 94 valence electrons. The third-order valence-corrected chi connectivity index (χ3v) is 3.32. The van der Waals surface area contributed by atoms with Crippen LogP contribution in [0.2, 0.25) is 0 Å². The summed E-state index contributed by atoms with van der Waals surface area (Å²) in [5.74, 6) is -0.677. The first-order valence-electron chi connectivity index (χ1n) is 6.19. The van der Waals surface area contributed by atoms with Crippen LogP contribution in [0, 0.1) is 0 Å². The molecule has 0 unspecified atom stereocenters. The summed E-state index contributed by atoms with van der Waals surface area (Å²) in [6.45, 7) is 0. The summed E-state index contributed by atoms with van der Waals surface area (Å²) in [5, 5.41) is 12.7. The molecule has 0 bridgehead atoms. The molecule has 1 aromatic heterocycles. The topological polar surface area (TPSA) is 37.3 Å². The highest BCUT2D eigenvalue weighted by molar-refractivity contribution is 7.08. The maximum absolute atomic E-state index is 10.3. The monoisotopic (exact) mass is 252 g/mol. The molecule has 17 heavy (non-hydrogen) atoms. The number of carboxylic acid groups (broad SMARTS) is 1. The zero-order valence-electron chi connectivity index (χ0n) is 10.1. The van der Waals surface area contributed by atoms with Gasteiger partial charge in [0.2, 0.25) is 0 Å². The third-order valence-electron chi connectivity index (χ3n) is 2.61. The molecule has 0 aliphatic carbocycles. The third kappa shape index (κ3) is 7.75. The Labute approximate surface area is 107 Å². The van der Waals surface area contributed by atoms with Gasteiger partial charge in [-0.3, -0.25) is 4.79 Å². The van der Waals surface area contributed by atoms with Crippen molar-refractivity contribution in [3.8, 4) is 0 Å². The smallest absolute Gasteiger partial charge is 0.303 e. The second kappa shape index (κ2) is 8.99. The summed E-state index contributed by atoms with van der Waals surface area (Å²) in [5.41, 5.74) is 1.29. The van der Waals surface area contributed by atoms with Crippen LogP contribution in [0.5, 0.6) is 0 Å². The Balaban J connectivity index is 1.89. The second-order valence-corrected chi connectivity index (χ2v) is 4.94. The first-order chi connectivity index (χ1) is 8.29. The molecular formula is C14H20O2S. The summed E-state index contributed by atoms with van der Waals surface area (Å²) in [6.07, 6.45) is 11.2. The number of aliphatic carboxylic acids is 1. The number of unbranched alkanes of at least 4 members (excludes halogenated alkanes) is 5. The van der Waals surface area contributed by atoms with Crippen molar-refractivity contribution in [2.45, 2.75) is 44.9 Å². The number of carbonyl (C=O) groups is 1. The molecule has 1 rings (SSSR count). The van der Waals surface area contributed by atoms with E-state index in [1.54, 1.807) is 11.3 Å². The number of allylic oxidation sites excluding steroid dienone is 1. The van der Waals surface area contributed by atoms with Gasteiger partial charge in [-0.25, -0.2) is 0 Å². The van der Waals surface area contributed by atoms with Crippen LogP contribution in [-0.2, 0) is 4.79 Å². The molecule has 0 aromatic carbocycles. The van der Waals surface area contributed by atoms with Gasteiger partial charge in [-0.05, 0) is 41.7 Å². The lowest BCUT2D eigenvalue weighted by Crippen LogP contribution is -1.93. The van der Waals surface area contributed by atoms with Crippen molar-refractivity contribution in [1.29, 1.82) is 0 Å². The van der Waals surface area contributed by atoms with Crippen molar-refractivity contribution in [3.63, 3.8) is 0 Å². The van der Waals surface area contributed by atoms with Crippen LogP contribution in [0.25, 0.3) is 6.08 Å².